The number of allylic oxidation sites excluding steroid dienone is 7. The van der Waals surface area contributed by atoms with Crippen molar-refractivity contribution in [2.45, 2.75) is 416 Å². The maximum atomic E-state index is 13.1. The van der Waals surface area contributed by atoms with Gasteiger partial charge in [-0.25, -0.2) is 0 Å². The van der Waals surface area contributed by atoms with Gasteiger partial charge in [0.25, 0.3) is 0 Å². The summed E-state index contributed by atoms with van der Waals surface area (Å²) in [5.41, 5.74) is 0. The summed E-state index contributed by atoms with van der Waals surface area (Å²) >= 11 is 0. The smallest absolute Gasteiger partial charge is 0.305 e. The van der Waals surface area contributed by atoms with Crippen LogP contribution < -0.4 is 5.32 Å². The minimum Gasteiger partial charge on any atom is -0.466 e. The molecule has 0 aromatic rings. The highest BCUT2D eigenvalue weighted by molar-refractivity contribution is 5.76. The molecule has 11 nitrogen and oxygen atoms in total. The molecule has 1 heterocycles. The monoisotopic (exact) mass is 1260 g/mol. The van der Waals surface area contributed by atoms with Crippen LogP contribution in [0, 0.1) is 0 Å². The number of carbonyl (C=O) groups excluding carboxylic acids is 2. The van der Waals surface area contributed by atoms with Crippen molar-refractivity contribution in [3.05, 3.63) is 48.6 Å². The van der Waals surface area contributed by atoms with E-state index in [0.29, 0.717) is 19.4 Å². The number of hydrogen-bond acceptors (Lipinski definition) is 10. The Morgan fingerprint density at radius 3 is 1.18 bits per heavy atom. The zero-order chi connectivity index (χ0) is 64.4. The molecule has 1 aliphatic rings. The van der Waals surface area contributed by atoms with E-state index in [-0.39, 0.29) is 18.5 Å². The lowest BCUT2D eigenvalue weighted by atomic mass is 9.99. The Labute approximate surface area is 548 Å². The molecule has 7 atom stereocenters. The topological polar surface area (TPSA) is 175 Å². The van der Waals surface area contributed by atoms with Crippen LogP contribution in [0.5, 0.6) is 0 Å². The molecule has 0 aromatic carbocycles. The van der Waals surface area contributed by atoms with Gasteiger partial charge in [-0.1, -0.05) is 326 Å². The molecule has 0 bridgehead atoms. The average Bonchev–Trinajstić information content (AvgIpc) is 3.71. The van der Waals surface area contributed by atoms with Gasteiger partial charge >= 0.3 is 5.97 Å². The number of ether oxygens (including phenoxy) is 3. The summed E-state index contributed by atoms with van der Waals surface area (Å²) in [6.45, 7) is 4.35. The first kappa shape index (κ1) is 84.6. The number of rotatable bonds is 68. The van der Waals surface area contributed by atoms with Gasteiger partial charge in [0, 0.05) is 12.8 Å². The number of aliphatic hydroxyl groups excluding tert-OH is 5. The molecule has 1 rings (SSSR count). The van der Waals surface area contributed by atoms with E-state index in [2.05, 4.69) is 55.6 Å². The van der Waals surface area contributed by atoms with Gasteiger partial charge in [0.1, 0.15) is 24.4 Å². The first-order chi connectivity index (χ1) is 43.7. The SMILES string of the molecule is CCCC/C=C\CCCCCCCC(=O)OCCCCCCCCCCCCC/C=C\C/C=C\CCCCCCCCCCCCCCCCCCCC(=O)NC(COC1OC(CO)C(O)C(O)C1O)C(O)/C=C/CCCCCCCCCCCCCCC. The van der Waals surface area contributed by atoms with Crippen LogP contribution in [0.15, 0.2) is 48.6 Å². The van der Waals surface area contributed by atoms with E-state index in [4.69, 9.17) is 14.2 Å². The second-order valence-corrected chi connectivity index (χ2v) is 26.7. The Bertz CT molecular complexity index is 1620. The Morgan fingerprint density at radius 2 is 0.764 bits per heavy atom. The molecule has 0 aromatic heterocycles. The quantitative estimate of drug-likeness (QED) is 0.0195. The number of aliphatic hydroxyl groups is 5. The van der Waals surface area contributed by atoms with Crippen molar-refractivity contribution >= 4 is 11.9 Å². The Balaban J connectivity index is 1.96. The Morgan fingerprint density at radius 1 is 0.416 bits per heavy atom. The van der Waals surface area contributed by atoms with Crippen molar-refractivity contribution in [1.29, 1.82) is 0 Å². The molecule has 1 saturated heterocycles. The van der Waals surface area contributed by atoms with E-state index in [1.165, 1.54) is 283 Å². The van der Waals surface area contributed by atoms with E-state index in [0.717, 1.165) is 64.2 Å². The van der Waals surface area contributed by atoms with Crippen LogP contribution in [0.1, 0.15) is 373 Å². The van der Waals surface area contributed by atoms with Crippen LogP contribution in [0.2, 0.25) is 0 Å². The molecule has 1 amide bonds. The molecule has 522 valence electrons. The molecule has 1 aliphatic heterocycles. The number of esters is 1. The Hall–Kier alpha value is -2.38. The fourth-order valence-corrected chi connectivity index (χ4v) is 12.1. The molecule has 7 unspecified atom stereocenters. The van der Waals surface area contributed by atoms with Gasteiger partial charge in [-0.3, -0.25) is 9.59 Å². The zero-order valence-electron chi connectivity index (χ0n) is 58.2. The number of carbonyl (C=O) groups is 2. The largest absolute Gasteiger partial charge is 0.466 e. The van der Waals surface area contributed by atoms with Crippen molar-refractivity contribution in [2.24, 2.45) is 0 Å². The summed E-state index contributed by atoms with van der Waals surface area (Å²) in [5, 5.41) is 54.6. The lowest BCUT2D eigenvalue weighted by molar-refractivity contribution is -0.302. The average molecular weight is 1260 g/mol. The molecule has 6 N–H and O–H groups in total. The van der Waals surface area contributed by atoms with Crippen molar-refractivity contribution in [2.75, 3.05) is 19.8 Å². The Kier molecular flexibility index (Phi) is 63.8. The predicted octanol–water partition coefficient (Wildman–Crippen LogP) is 20.3. The van der Waals surface area contributed by atoms with Gasteiger partial charge in [-0.05, 0) is 83.5 Å². The molecule has 89 heavy (non-hydrogen) atoms. The van der Waals surface area contributed by atoms with Crippen LogP contribution in [0.4, 0.5) is 0 Å². The van der Waals surface area contributed by atoms with E-state index in [1.807, 2.05) is 6.08 Å². The van der Waals surface area contributed by atoms with Gasteiger partial charge in [-0.15, -0.1) is 0 Å². The fourth-order valence-electron chi connectivity index (χ4n) is 12.1. The third-order valence-corrected chi connectivity index (χ3v) is 18.2. The minimum absolute atomic E-state index is 0.000879. The first-order valence-electron chi connectivity index (χ1n) is 38.4. The zero-order valence-corrected chi connectivity index (χ0v) is 58.2. The highest BCUT2D eigenvalue weighted by Crippen LogP contribution is 2.24. The van der Waals surface area contributed by atoms with Crippen LogP contribution in [0.3, 0.4) is 0 Å². The van der Waals surface area contributed by atoms with Crippen molar-refractivity contribution < 1.29 is 49.3 Å². The number of unbranched alkanes of at least 4 members (excludes halogenated alkanes) is 48. The van der Waals surface area contributed by atoms with Crippen LogP contribution in [0.25, 0.3) is 0 Å². The predicted molar refractivity (Wildman–Crippen MR) is 375 cm³/mol. The molecule has 11 heteroatoms. The maximum absolute atomic E-state index is 13.1. The van der Waals surface area contributed by atoms with Crippen molar-refractivity contribution in [1.82, 2.24) is 5.32 Å². The second kappa shape index (κ2) is 67.1. The van der Waals surface area contributed by atoms with Crippen molar-refractivity contribution in [3.63, 3.8) is 0 Å². The molecular formula is C78H145NO10. The van der Waals surface area contributed by atoms with Gasteiger partial charge in [0.2, 0.25) is 5.91 Å². The summed E-state index contributed by atoms with van der Waals surface area (Å²) in [4.78, 5) is 25.1. The third kappa shape index (κ3) is 55.8. The number of amides is 1. The lowest BCUT2D eigenvalue weighted by Crippen LogP contribution is -2.60. The summed E-state index contributed by atoms with van der Waals surface area (Å²) in [5.74, 6) is -0.177. The third-order valence-electron chi connectivity index (χ3n) is 18.2. The second-order valence-electron chi connectivity index (χ2n) is 26.7. The maximum Gasteiger partial charge on any atom is 0.305 e. The molecule has 0 spiro atoms. The summed E-state index contributed by atoms with van der Waals surface area (Å²) in [6, 6.07) is -0.809. The normalized spacial score (nSPS) is 17.9. The van der Waals surface area contributed by atoms with E-state index in [1.54, 1.807) is 6.08 Å². The van der Waals surface area contributed by atoms with Crippen LogP contribution >= 0.6 is 0 Å². The molecule has 0 radical (unpaired) electrons. The molecular weight excluding hydrogens is 1110 g/mol. The minimum atomic E-state index is -1.57. The molecule has 1 fully saturated rings. The van der Waals surface area contributed by atoms with E-state index in [9.17, 15) is 35.1 Å². The number of hydrogen-bond donors (Lipinski definition) is 6. The lowest BCUT2D eigenvalue weighted by Gasteiger charge is -2.40. The molecule has 0 aliphatic carbocycles. The highest BCUT2D eigenvalue weighted by Gasteiger charge is 2.44. The molecule has 0 saturated carbocycles. The number of nitrogens with one attached hydrogen (secondary N) is 1. The van der Waals surface area contributed by atoms with Crippen molar-refractivity contribution in [3.8, 4) is 0 Å². The summed E-state index contributed by atoms with van der Waals surface area (Å²) in [6.07, 6.45) is 78.3. The summed E-state index contributed by atoms with van der Waals surface area (Å²) < 4.78 is 16.8. The van der Waals surface area contributed by atoms with Crippen LogP contribution in [-0.4, -0.2) is 100 Å². The van der Waals surface area contributed by atoms with Gasteiger partial charge in [0.15, 0.2) is 6.29 Å². The standard InChI is InChI=1S/C78H145NO10/c1-3-5-7-9-11-13-15-16-38-41-45-48-52-56-60-64-71(81)70(69-88-78-77(86)76(85)75(84)72(68-80)89-78)79-73(82)65-61-57-53-49-46-42-39-36-34-32-30-28-26-24-22-20-18-17-19-21-23-25-27-29-31-33-35-37-40-43-47-51-55-59-63-67-87-74(83)66-62-58-54-50-44-14-12-10-8-6-4-2/h10,12,19,21,25,27,60,64,70-72,75-78,80-81,84-86H,3-9,11,13-18,20,22-24,26,28-59,61-63,65-69H2,1-2H3,(H,79,82)/b12-10-,21-19-,27-25-,64-60+. The first-order valence-corrected chi connectivity index (χ1v) is 38.4. The van der Waals surface area contributed by atoms with Gasteiger partial charge in [0.05, 0.1) is 32.0 Å². The van der Waals surface area contributed by atoms with Gasteiger partial charge < -0.3 is 45.1 Å². The van der Waals surface area contributed by atoms with E-state index < -0.39 is 49.5 Å². The van der Waals surface area contributed by atoms with E-state index >= 15 is 0 Å². The fraction of sp³-hybridized carbons (Fsp3) is 0.872. The van der Waals surface area contributed by atoms with Crippen LogP contribution in [-0.2, 0) is 23.8 Å². The highest BCUT2D eigenvalue weighted by atomic mass is 16.7. The summed E-state index contributed by atoms with van der Waals surface area (Å²) in [7, 11) is 0. The van der Waals surface area contributed by atoms with Gasteiger partial charge in [-0.2, -0.15) is 0 Å².